The van der Waals surface area contributed by atoms with E-state index >= 15 is 0 Å². The van der Waals surface area contributed by atoms with Gasteiger partial charge in [0.2, 0.25) is 10.0 Å². The number of aromatic nitrogens is 1. The Morgan fingerprint density at radius 1 is 1.42 bits per heavy atom. The molecule has 19 heavy (non-hydrogen) atoms. The molecule has 0 radical (unpaired) electrons. The van der Waals surface area contributed by atoms with Crippen LogP contribution in [0.4, 0.5) is 10.1 Å². The van der Waals surface area contributed by atoms with E-state index in [9.17, 15) is 12.8 Å². The molecule has 0 aliphatic carbocycles. The van der Waals surface area contributed by atoms with Crippen LogP contribution < -0.4 is 10.5 Å². The molecular weight excluding hydrogens is 289 g/mol. The second kappa shape index (κ2) is 5.64. The molecule has 3 N–H and O–H groups in total. The fraction of sp³-hybridized carbons (Fsp3) is 0.182. The maximum atomic E-state index is 13.5. The average Bonchev–Trinajstić information content (AvgIpc) is 2.85. The first-order valence-corrected chi connectivity index (χ1v) is 7.78. The summed E-state index contributed by atoms with van der Waals surface area (Å²) < 4.78 is 39.6. The largest absolute Gasteiger partial charge is 0.399 e. The zero-order valence-corrected chi connectivity index (χ0v) is 11.5. The van der Waals surface area contributed by atoms with Crippen LogP contribution in [0.5, 0.6) is 0 Å². The molecule has 0 saturated carbocycles. The molecule has 0 bridgehead atoms. The van der Waals surface area contributed by atoms with Crippen molar-refractivity contribution in [3.05, 3.63) is 40.6 Å². The minimum atomic E-state index is -3.89. The molecule has 102 valence electrons. The number of thiazole rings is 1. The van der Waals surface area contributed by atoms with Crippen molar-refractivity contribution < 1.29 is 12.8 Å². The standard InChI is InChI=1S/C11H12FN3O2S2/c12-9-2-1-8(13)7-10(9)19(16,17)15-4-3-11-14-5-6-18-11/h1-2,5-7,15H,3-4,13H2. The van der Waals surface area contributed by atoms with Crippen LogP contribution in [0.25, 0.3) is 0 Å². The van der Waals surface area contributed by atoms with Crippen molar-refractivity contribution in [1.82, 2.24) is 9.71 Å². The average molecular weight is 301 g/mol. The van der Waals surface area contributed by atoms with Crippen LogP contribution in [0.2, 0.25) is 0 Å². The van der Waals surface area contributed by atoms with E-state index in [0.717, 1.165) is 17.1 Å². The van der Waals surface area contributed by atoms with Gasteiger partial charge in [0.15, 0.2) is 0 Å². The van der Waals surface area contributed by atoms with Crippen molar-refractivity contribution in [2.75, 3.05) is 12.3 Å². The van der Waals surface area contributed by atoms with E-state index in [-0.39, 0.29) is 12.2 Å². The number of nitrogens with two attached hydrogens (primary N) is 1. The van der Waals surface area contributed by atoms with Crippen molar-refractivity contribution >= 4 is 27.0 Å². The highest BCUT2D eigenvalue weighted by atomic mass is 32.2. The normalized spacial score (nSPS) is 11.6. The molecule has 0 aliphatic heterocycles. The molecule has 0 atom stereocenters. The quantitative estimate of drug-likeness (QED) is 0.817. The minimum Gasteiger partial charge on any atom is -0.399 e. The van der Waals surface area contributed by atoms with Gasteiger partial charge in [0.1, 0.15) is 10.7 Å². The molecule has 0 unspecified atom stereocenters. The SMILES string of the molecule is Nc1ccc(F)c(S(=O)(=O)NCCc2nccs2)c1. The summed E-state index contributed by atoms with van der Waals surface area (Å²) in [6.07, 6.45) is 2.10. The molecule has 0 amide bonds. The van der Waals surface area contributed by atoms with Crippen molar-refractivity contribution in [2.45, 2.75) is 11.3 Å². The Labute approximate surface area is 114 Å². The summed E-state index contributed by atoms with van der Waals surface area (Å²) in [7, 11) is -3.89. The molecular formula is C11H12FN3O2S2. The number of hydrogen-bond acceptors (Lipinski definition) is 5. The second-order valence-corrected chi connectivity index (χ2v) is 6.48. The highest BCUT2D eigenvalue weighted by molar-refractivity contribution is 7.89. The lowest BCUT2D eigenvalue weighted by molar-refractivity contribution is 0.557. The highest BCUT2D eigenvalue weighted by Gasteiger charge is 2.18. The van der Waals surface area contributed by atoms with Crippen LogP contribution in [0.15, 0.2) is 34.7 Å². The van der Waals surface area contributed by atoms with Gasteiger partial charge in [-0.3, -0.25) is 0 Å². The molecule has 2 aromatic rings. The van der Waals surface area contributed by atoms with Crippen molar-refractivity contribution in [3.63, 3.8) is 0 Å². The minimum absolute atomic E-state index is 0.157. The molecule has 5 nitrogen and oxygen atoms in total. The first kappa shape index (κ1) is 13.9. The predicted molar refractivity (Wildman–Crippen MR) is 71.8 cm³/mol. The maximum absolute atomic E-state index is 13.5. The number of benzene rings is 1. The van der Waals surface area contributed by atoms with Gasteiger partial charge in [-0.05, 0) is 18.2 Å². The van der Waals surface area contributed by atoms with E-state index in [1.807, 2.05) is 0 Å². The van der Waals surface area contributed by atoms with E-state index in [0.29, 0.717) is 6.42 Å². The molecule has 8 heteroatoms. The van der Waals surface area contributed by atoms with E-state index in [2.05, 4.69) is 9.71 Å². The van der Waals surface area contributed by atoms with Crippen molar-refractivity contribution in [1.29, 1.82) is 0 Å². The highest BCUT2D eigenvalue weighted by Crippen LogP contribution is 2.17. The summed E-state index contributed by atoms with van der Waals surface area (Å²) in [6.45, 7) is 0.157. The number of hydrogen-bond donors (Lipinski definition) is 2. The van der Waals surface area contributed by atoms with Gasteiger partial charge in [0.25, 0.3) is 0 Å². The first-order chi connectivity index (χ1) is 8.99. The summed E-state index contributed by atoms with van der Waals surface area (Å²) in [6, 6.07) is 3.44. The zero-order valence-electron chi connectivity index (χ0n) is 9.84. The van der Waals surface area contributed by atoms with E-state index in [4.69, 9.17) is 5.73 Å². The van der Waals surface area contributed by atoms with Gasteiger partial charge >= 0.3 is 0 Å². The smallest absolute Gasteiger partial charge is 0.243 e. The van der Waals surface area contributed by atoms with Crippen LogP contribution in [0.1, 0.15) is 5.01 Å². The Kier molecular flexibility index (Phi) is 4.13. The molecule has 0 fully saturated rings. The monoisotopic (exact) mass is 301 g/mol. The predicted octanol–water partition coefficient (Wildman–Crippen LogP) is 1.39. The number of nitrogens with zero attached hydrogens (tertiary/aromatic N) is 1. The van der Waals surface area contributed by atoms with Gasteiger partial charge in [0, 0.05) is 30.2 Å². The molecule has 1 aromatic carbocycles. The topological polar surface area (TPSA) is 85.1 Å². The van der Waals surface area contributed by atoms with Gasteiger partial charge < -0.3 is 5.73 Å². The molecule has 0 saturated heterocycles. The Bertz CT molecular complexity index is 657. The number of halogens is 1. The van der Waals surface area contributed by atoms with Crippen LogP contribution in [0, 0.1) is 5.82 Å². The first-order valence-electron chi connectivity index (χ1n) is 5.42. The lowest BCUT2D eigenvalue weighted by atomic mass is 10.3. The number of nitrogen functional groups attached to an aromatic ring is 1. The Hall–Kier alpha value is -1.51. The summed E-state index contributed by atoms with van der Waals surface area (Å²) in [5.74, 6) is -0.823. The fourth-order valence-corrected chi connectivity index (χ4v) is 3.24. The van der Waals surface area contributed by atoms with Crippen LogP contribution >= 0.6 is 11.3 Å². The van der Waals surface area contributed by atoms with E-state index < -0.39 is 20.7 Å². The molecule has 2 rings (SSSR count). The second-order valence-electron chi connectivity index (χ2n) is 3.76. The third kappa shape index (κ3) is 3.49. The summed E-state index contributed by atoms with van der Waals surface area (Å²) in [5, 5.41) is 2.62. The number of nitrogens with one attached hydrogen (secondary N) is 1. The van der Waals surface area contributed by atoms with Gasteiger partial charge in [-0.1, -0.05) is 0 Å². The van der Waals surface area contributed by atoms with Gasteiger partial charge in [-0.2, -0.15) is 0 Å². The van der Waals surface area contributed by atoms with Gasteiger partial charge in [0.05, 0.1) is 5.01 Å². The fourth-order valence-electron chi connectivity index (χ4n) is 1.47. The summed E-state index contributed by atoms with van der Waals surface area (Å²) in [4.78, 5) is 3.59. The molecule has 0 aliphatic rings. The summed E-state index contributed by atoms with van der Waals surface area (Å²) >= 11 is 1.43. The third-order valence-corrected chi connectivity index (χ3v) is 4.67. The number of anilines is 1. The number of rotatable bonds is 5. The Morgan fingerprint density at radius 3 is 2.89 bits per heavy atom. The van der Waals surface area contributed by atoms with Gasteiger partial charge in [-0.15, -0.1) is 11.3 Å². The molecule has 0 spiro atoms. The van der Waals surface area contributed by atoms with Crippen molar-refractivity contribution in [3.8, 4) is 0 Å². The van der Waals surface area contributed by atoms with E-state index in [1.54, 1.807) is 11.6 Å². The van der Waals surface area contributed by atoms with Crippen molar-refractivity contribution in [2.24, 2.45) is 0 Å². The molecule has 1 aromatic heterocycles. The molecule has 1 heterocycles. The Balaban J connectivity index is 2.07. The Morgan fingerprint density at radius 2 is 2.21 bits per heavy atom. The van der Waals surface area contributed by atoms with E-state index in [1.165, 1.54) is 17.4 Å². The lowest BCUT2D eigenvalue weighted by Crippen LogP contribution is -2.26. The number of sulfonamides is 1. The zero-order chi connectivity index (χ0) is 13.9. The third-order valence-electron chi connectivity index (χ3n) is 2.36. The van der Waals surface area contributed by atoms with Crippen LogP contribution in [-0.4, -0.2) is 19.9 Å². The summed E-state index contributed by atoms with van der Waals surface area (Å²) in [5.41, 5.74) is 5.66. The maximum Gasteiger partial charge on any atom is 0.243 e. The van der Waals surface area contributed by atoms with Crippen LogP contribution in [-0.2, 0) is 16.4 Å². The van der Waals surface area contributed by atoms with Gasteiger partial charge in [-0.25, -0.2) is 22.5 Å². The lowest BCUT2D eigenvalue weighted by Gasteiger charge is -2.07. The van der Waals surface area contributed by atoms with Crippen LogP contribution in [0.3, 0.4) is 0 Å².